The Morgan fingerprint density at radius 1 is 1.50 bits per heavy atom. The van der Waals surface area contributed by atoms with Crippen molar-refractivity contribution in [1.29, 1.82) is 0 Å². The topological polar surface area (TPSA) is 72.5 Å². The van der Waals surface area contributed by atoms with Crippen LogP contribution in [0, 0.1) is 5.92 Å². The number of hydrogen-bond donors (Lipinski definition) is 1. The van der Waals surface area contributed by atoms with E-state index in [-0.39, 0.29) is 29.8 Å². The molecule has 1 aliphatic rings. The molecule has 1 aliphatic heterocycles. The molecule has 1 amide bonds. The second kappa shape index (κ2) is 6.01. The number of sulfone groups is 1. The third-order valence-corrected chi connectivity index (χ3v) is 5.37. The molecule has 0 spiro atoms. The van der Waals surface area contributed by atoms with Gasteiger partial charge in [-0.3, -0.25) is 4.79 Å². The fourth-order valence-corrected chi connectivity index (χ4v) is 4.37. The van der Waals surface area contributed by atoms with Crippen molar-refractivity contribution in [2.75, 3.05) is 23.9 Å². The van der Waals surface area contributed by atoms with E-state index in [2.05, 4.69) is 5.32 Å². The number of nitrogens with one attached hydrogen (secondary N) is 1. The smallest absolute Gasteiger partial charge is 0.224 e. The molecule has 0 unspecified atom stereocenters. The molecule has 1 heterocycles. The summed E-state index contributed by atoms with van der Waals surface area (Å²) in [4.78, 5) is 11.9. The minimum atomic E-state index is -2.95. The van der Waals surface area contributed by atoms with Crippen LogP contribution < -0.4 is 10.1 Å². The standard InChI is InChI=1S/C13H16ClNO4S/c1-19-12-3-2-10(7-11(12)14)15-13(16)6-9-4-5-20(17,18)8-9/h2-3,7,9H,4-6,8H2,1H3,(H,15,16)/t9-/m0/s1. The molecule has 5 nitrogen and oxygen atoms in total. The van der Waals surface area contributed by atoms with Crippen LogP contribution in [0.4, 0.5) is 5.69 Å². The first kappa shape index (κ1) is 15.1. The maximum atomic E-state index is 11.9. The first-order valence-electron chi connectivity index (χ1n) is 6.23. The molecule has 20 heavy (non-hydrogen) atoms. The third kappa shape index (κ3) is 3.86. The molecule has 0 bridgehead atoms. The van der Waals surface area contributed by atoms with Crippen LogP contribution in [0.1, 0.15) is 12.8 Å². The molecule has 1 saturated heterocycles. The summed E-state index contributed by atoms with van der Waals surface area (Å²) >= 11 is 5.97. The molecule has 0 radical (unpaired) electrons. The van der Waals surface area contributed by atoms with Crippen LogP contribution >= 0.6 is 11.6 Å². The van der Waals surface area contributed by atoms with Gasteiger partial charge < -0.3 is 10.1 Å². The van der Waals surface area contributed by atoms with Crippen molar-refractivity contribution in [2.24, 2.45) is 5.92 Å². The monoisotopic (exact) mass is 317 g/mol. The number of halogens is 1. The van der Waals surface area contributed by atoms with Crippen molar-refractivity contribution < 1.29 is 17.9 Å². The number of benzene rings is 1. The summed E-state index contributed by atoms with van der Waals surface area (Å²) in [5, 5.41) is 3.13. The number of anilines is 1. The highest BCUT2D eigenvalue weighted by molar-refractivity contribution is 7.91. The van der Waals surface area contributed by atoms with Crippen LogP contribution in [0.5, 0.6) is 5.75 Å². The zero-order valence-electron chi connectivity index (χ0n) is 11.1. The SMILES string of the molecule is COc1ccc(NC(=O)C[C@@H]2CCS(=O)(=O)C2)cc1Cl. The lowest BCUT2D eigenvalue weighted by Crippen LogP contribution is -2.17. The van der Waals surface area contributed by atoms with Gasteiger partial charge in [-0.05, 0) is 30.5 Å². The van der Waals surface area contributed by atoms with Crippen molar-refractivity contribution in [1.82, 2.24) is 0 Å². The van der Waals surface area contributed by atoms with E-state index in [0.29, 0.717) is 22.9 Å². The summed E-state index contributed by atoms with van der Waals surface area (Å²) in [6.07, 6.45) is 0.766. The van der Waals surface area contributed by atoms with Crippen molar-refractivity contribution in [2.45, 2.75) is 12.8 Å². The van der Waals surface area contributed by atoms with Crippen LogP contribution in [0.3, 0.4) is 0 Å². The lowest BCUT2D eigenvalue weighted by atomic mass is 10.1. The first-order valence-corrected chi connectivity index (χ1v) is 8.43. The zero-order valence-corrected chi connectivity index (χ0v) is 12.6. The Labute approximate surface area is 123 Å². The number of carbonyl (C=O) groups is 1. The maximum Gasteiger partial charge on any atom is 0.224 e. The Morgan fingerprint density at radius 2 is 2.25 bits per heavy atom. The van der Waals surface area contributed by atoms with Gasteiger partial charge in [0, 0.05) is 12.1 Å². The molecule has 1 fully saturated rings. The summed E-state index contributed by atoms with van der Waals surface area (Å²) in [5.41, 5.74) is 0.571. The Morgan fingerprint density at radius 3 is 2.80 bits per heavy atom. The average molecular weight is 318 g/mol. The number of rotatable bonds is 4. The predicted molar refractivity (Wildman–Crippen MR) is 78.0 cm³/mol. The number of ether oxygens (including phenoxy) is 1. The third-order valence-electron chi connectivity index (χ3n) is 3.24. The molecule has 1 aromatic carbocycles. The molecule has 0 aliphatic carbocycles. The van der Waals surface area contributed by atoms with Gasteiger partial charge in [0.25, 0.3) is 0 Å². The maximum absolute atomic E-state index is 11.9. The predicted octanol–water partition coefficient (Wildman–Crippen LogP) is 2.11. The molecule has 1 atom stereocenters. The summed E-state index contributed by atoms with van der Waals surface area (Å²) in [6.45, 7) is 0. The van der Waals surface area contributed by atoms with Gasteiger partial charge in [0.2, 0.25) is 5.91 Å². The number of amides is 1. The van der Waals surface area contributed by atoms with Crippen molar-refractivity contribution in [3.63, 3.8) is 0 Å². The molecular formula is C13H16ClNO4S. The van der Waals surface area contributed by atoms with E-state index in [1.54, 1.807) is 18.2 Å². The van der Waals surface area contributed by atoms with E-state index in [9.17, 15) is 13.2 Å². The van der Waals surface area contributed by atoms with Crippen LogP contribution in [-0.2, 0) is 14.6 Å². The second-order valence-corrected chi connectivity index (χ2v) is 7.51. The van der Waals surface area contributed by atoms with Crippen LogP contribution in [0.2, 0.25) is 5.02 Å². The van der Waals surface area contributed by atoms with Gasteiger partial charge in [-0.15, -0.1) is 0 Å². The van der Waals surface area contributed by atoms with Crippen molar-refractivity contribution in [3.8, 4) is 5.75 Å². The Bertz CT molecular complexity index is 615. The van der Waals surface area contributed by atoms with Crippen LogP contribution in [0.25, 0.3) is 0 Å². The Hall–Kier alpha value is -1.27. The van der Waals surface area contributed by atoms with E-state index < -0.39 is 9.84 Å². The minimum Gasteiger partial charge on any atom is -0.495 e. The van der Waals surface area contributed by atoms with Gasteiger partial charge in [0.05, 0.1) is 23.6 Å². The van der Waals surface area contributed by atoms with Crippen molar-refractivity contribution >= 4 is 33.0 Å². The molecule has 110 valence electrons. The molecule has 0 saturated carbocycles. The number of hydrogen-bond acceptors (Lipinski definition) is 4. The molecular weight excluding hydrogens is 302 g/mol. The Balaban J connectivity index is 1.93. The summed E-state index contributed by atoms with van der Waals surface area (Å²) in [5.74, 6) is 0.525. The Kier molecular flexibility index (Phi) is 4.55. The van der Waals surface area contributed by atoms with Crippen LogP contribution in [-0.4, -0.2) is 32.9 Å². The normalized spacial score (nSPS) is 20.6. The van der Waals surface area contributed by atoms with Crippen molar-refractivity contribution in [3.05, 3.63) is 23.2 Å². The molecule has 0 aromatic heterocycles. The lowest BCUT2D eigenvalue weighted by Gasteiger charge is -2.10. The number of carbonyl (C=O) groups excluding carboxylic acids is 1. The fraction of sp³-hybridized carbons (Fsp3) is 0.462. The van der Waals surface area contributed by atoms with Gasteiger partial charge in [0.1, 0.15) is 5.75 Å². The highest BCUT2D eigenvalue weighted by Gasteiger charge is 2.29. The summed E-state index contributed by atoms with van der Waals surface area (Å²) < 4.78 is 27.7. The largest absolute Gasteiger partial charge is 0.495 e. The molecule has 1 aromatic rings. The van der Waals surface area contributed by atoms with Crippen LogP contribution in [0.15, 0.2) is 18.2 Å². The van der Waals surface area contributed by atoms with Gasteiger partial charge in [-0.1, -0.05) is 11.6 Å². The van der Waals surface area contributed by atoms with Gasteiger partial charge in [-0.25, -0.2) is 8.42 Å². The second-order valence-electron chi connectivity index (χ2n) is 4.87. The first-order chi connectivity index (χ1) is 9.39. The van der Waals surface area contributed by atoms with Gasteiger partial charge in [-0.2, -0.15) is 0 Å². The summed E-state index contributed by atoms with van der Waals surface area (Å²) in [6, 6.07) is 4.95. The summed E-state index contributed by atoms with van der Waals surface area (Å²) in [7, 11) is -1.43. The number of methoxy groups -OCH3 is 1. The quantitative estimate of drug-likeness (QED) is 0.923. The van der Waals surface area contributed by atoms with E-state index in [1.807, 2.05) is 0 Å². The zero-order chi connectivity index (χ0) is 14.8. The van der Waals surface area contributed by atoms with E-state index >= 15 is 0 Å². The molecule has 7 heteroatoms. The highest BCUT2D eigenvalue weighted by atomic mass is 35.5. The minimum absolute atomic E-state index is 0.0891. The van der Waals surface area contributed by atoms with E-state index in [1.165, 1.54) is 7.11 Å². The lowest BCUT2D eigenvalue weighted by molar-refractivity contribution is -0.116. The molecule has 2 rings (SSSR count). The molecule has 1 N–H and O–H groups in total. The van der Waals surface area contributed by atoms with Gasteiger partial charge in [0.15, 0.2) is 9.84 Å². The average Bonchev–Trinajstić information content (AvgIpc) is 2.68. The fourth-order valence-electron chi connectivity index (χ4n) is 2.25. The van der Waals surface area contributed by atoms with E-state index in [4.69, 9.17) is 16.3 Å². The van der Waals surface area contributed by atoms with E-state index in [0.717, 1.165) is 0 Å². The highest BCUT2D eigenvalue weighted by Crippen LogP contribution is 2.28. The van der Waals surface area contributed by atoms with Gasteiger partial charge >= 0.3 is 0 Å².